The highest BCUT2D eigenvalue weighted by atomic mass is 16.5. The van der Waals surface area contributed by atoms with Crippen LogP contribution in [-0.4, -0.2) is 63.8 Å². The summed E-state index contributed by atoms with van der Waals surface area (Å²) in [5, 5.41) is 8.59. The summed E-state index contributed by atoms with van der Waals surface area (Å²) in [6.45, 7) is 2.85. The van der Waals surface area contributed by atoms with Gasteiger partial charge in [-0.25, -0.2) is 4.98 Å². The van der Waals surface area contributed by atoms with Crippen LogP contribution >= 0.6 is 0 Å². The van der Waals surface area contributed by atoms with Gasteiger partial charge in [-0.1, -0.05) is 12.1 Å². The van der Waals surface area contributed by atoms with Crippen molar-refractivity contribution in [3.05, 3.63) is 60.7 Å². The van der Waals surface area contributed by atoms with Gasteiger partial charge < -0.3 is 14.5 Å². The maximum Gasteiger partial charge on any atom is 0.227 e. The van der Waals surface area contributed by atoms with Crippen molar-refractivity contribution < 1.29 is 9.53 Å². The van der Waals surface area contributed by atoms with E-state index in [2.05, 4.69) is 20.1 Å². The number of hydrogen-bond acceptors (Lipinski definition) is 6. The number of imidazole rings is 1. The van der Waals surface area contributed by atoms with E-state index in [9.17, 15) is 4.79 Å². The van der Waals surface area contributed by atoms with E-state index < -0.39 is 0 Å². The highest BCUT2D eigenvalue weighted by molar-refractivity contribution is 5.79. The molecule has 1 saturated heterocycles. The fourth-order valence-corrected chi connectivity index (χ4v) is 3.23. The number of rotatable bonds is 5. The second kappa shape index (κ2) is 8.08. The van der Waals surface area contributed by atoms with Crippen LogP contribution in [-0.2, 0) is 11.2 Å². The lowest BCUT2D eigenvalue weighted by atomic mass is 10.1. The number of hydrogen-bond donors (Lipinski definition) is 0. The number of carbonyl (C=O) groups is 1. The quantitative estimate of drug-likeness (QED) is 0.671. The molecule has 1 fully saturated rings. The molecule has 28 heavy (non-hydrogen) atoms. The Morgan fingerprint density at radius 1 is 1.00 bits per heavy atom. The molecule has 8 nitrogen and oxygen atoms in total. The van der Waals surface area contributed by atoms with Gasteiger partial charge in [-0.05, 0) is 29.8 Å². The number of ether oxygens (including phenoxy) is 1. The molecule has 0 spiro atoms. The fraction of sp³-hybridized carbons (Fsp3) is 0.300. The Labute approximate surface area is 163 Å². The number of carbonyl (C=O) groups excluding carboxylic acids is 1. The highest BCUT2D eigenvalue weighted by Crippen LogP contribution is 2.16. The van der Waals surface area contributed by atoms with Crippen molar-refractivity contribution in [1.29, 1.82) is 0 Å². The van der Waals surface area contributed by atoms with Gasteiger partial charge in [0.25, 0.3) is 0 Å². The van der Waals surface area contributed by atoms with Crippen molar-refractivity contribution in [3.63, 3.8) is 0 Å². The molecule has 0 bridgehead atoms. The smallest absolute Gasteiger partial charge is 0.227 e. The van der Waals surface area contributed by atoms with E-state index in [1.54, 1.807) is 19.6 Å². The first-order chi connectivity index (χ1) is 13.7. The van der Waals surface area contributed by atoms with Crippen LogP contribution in [0.2, 0.25) is 0 Å². The molecule has 1 aliphatic heterocycles. The Bertz CT molecular complexity index is 901. The van der Waals surface area contributed by atoms with E-state index >= 15 is 0 Å². The van der Waals surface area contributed by atoms with Gasteiger partial charge in [-0.3, -0.25) is 9.36 Å². The summed E-state index contributed by atoms with van der Waals surface area (Å²) >= 11 is 0. The number of aromatic nitrogens is 4. The average molecular weight is 378 g/mol. The van der Waals surface area contributed by atoms with Crippen LogP contribution in [0.25, 0.3) is 5.82 Å². The minimum atomic E-state index is 0.145. The van der Waals surface area contributed by atoms with Gasteiger partial charge in [0, 0.05) is 38.6 Å². The van der Waals surface area contributed by atoms with Crippen LogP contribution in [0.5, 0.6) is 5.75 Å². The maximum absolute atomic E-state index is 12.6. The molecule has 1 amide bonds. The standard InChI is InChI=1S/C20H22N6O2/c1-28-17-4-2-16(3-5-17)14-20(27)25-12-10-24(11-13-25)18-6-7-19(23-22-18)26-9-8-21-15-26/h2-9,15H,10-14H2,1H3. The zero-order valence-corrected chi connectivity index (χ0v) is 15.7. The van der Waals surface area contributed by atoms with E-state index in [-0.39, 0.29) is 5.91 Å². The predicted octanol–water partition coefficient (Wildman–Crippen LogP) is 1.56. The number of methoxy groups -OCH3 is 1. The average Bonchev–Trinajstić information content (AvgIpc) is 3.29. The van der Waals surface area contributed by atoms with E-state index in [0.29, 0.717) is 19.5 Å². The summed E-state index contributed by atoms with van der Waals surface area (Å²) < 4.78 is 6.97. The van der Waals surface area contributed by atoms with Gasteiger partial charge in [0.2, 0.25) is 5.91 Å². The van der Waals surface area contributed by atoms with Gasteiger partial charge in [0.1, 0.15) is 12.1 Å². The van der Waals surface area contributed by atoms with Crippen molar-refractivity contribution in [1.82, 2.24) is 24.6 Å². The summed E-state index contributed by atoms with van der Waals surface area (Å²) in [5.41, 5.74) is 0.995. The molecule has 8 heteroatoms. The number of benzene rings is 1. The van der Waals surface area contributed by atoms with Gasteiger partial charge in [-0.15, -0.1) is 10.2 Å². The van der Waals surface area contributed by atoms with E-state index in [1.807, 2.05) is 52.1 Å². The summed E-state index contributed by atoms with van der Waals surface area (Å²) in [7, 11) is 1.63. The molecule has 0 unspecified atom stereocenters. The van der Waals surface area contributed by atoms with Crippen LogP contribution in [0.4, 0.5) is 5.82 Å². The molecule has 0 saturated carbocycles. The molecular formula is C20H22N6O2. The molecule has 144 valence electrons. The third kappa shape index (κ3) is 3.95. The molecule has 3 heterocycles. The van der Waals surface area contributed by atoms with E-state index in [4.69, 9.17) is 4.74 Å². The van der Waals surface area contributed by atoms with Crippen molar-refractivity contribution in [2.75, 3.05) is 38.2 Å². The van der Waals surface area contributed by atoms with Crippen LogP contribution in [0.3, 0.4) is 0 Å². The first-order valence-electron chi connectivity index (χ1n) is 9.20. The lowest BCUT2D eigenvalue weighted by Gasteiger charge is -2.35. The lowest BCUT2D eigenvalue weighted by molar-refractivity contribution is -0.130. The molecule has 0 radical (unpaired) electrons. The Hall–Kier alpha value is -3.42. The second-order valence-corrected chi connectivity index (χ2v) is 6.61. The number of nitrogens with zero attached hydrogens (tertiary/aromatic N) is 6. The zero-order chi connectivity index (χ0) is 19.3. The van der Waals surface area contributed by atoms with Crippen molar-refractivity contribution >= 4 is 11.7 Å². The van der Waals surface area contributed by atoms with Crippen molar-refractivity contribution in [2.45, 2.75) is 6.42 Å². The normalized spacial score (nSPS) is 14.2. The minimum Gasteiger partial charge on any atom is -0.497 e. The predicted molar refractivity (Wildman–Crippen MR) is 105 cm³/mol. The van der Waals surface area contributed by atoms with Crippen molar-refractivity contribution in [3.8, 4) is 11.6 Å². The molecule has 3 aromatic rings. The highest BCUT2D eigenvalue weighted by Gasteiger charge is 2.22. The monoisotopic (exact) mass is 378 g/mol. The minimum absolute atomic E-state index is 0.145. The van der Waals surface area contributed by atoms with Crippen LogP contribution < -0.4 is 9.64 Å². The molecule has 0 atom stereocenters. The van der Waals surface area contributed by atoms with Crippen molar-refractivity contribution in [2.24, 2.45) is 0 Å². The summed E-state index contributed by atoms with van der Waals surface area (Å²) in [6, 6.07) is 11.5. The number of anilines is 1. The van der Waals surface area contributed by atoms with E-state index in [1.165, 1.54) is 0 Å². The third-order valence-corrected chi connectivity index (χ3v) is 4.88. The molecule has 1 aromatic carbocycles. The fourth-order valence-electron chi connectivity index (χ4n) is 3.23. The summed E-state index contributed by atoms with van der Waals surface area (Å²) in [4.78, 5) is 20.7. The van der Waals surface area contributed by atoms with E-state index in [0.717, 1.165) is 36.0 Å². The molecule has 1 aliphatic rings. The number of amides is 1. The zero-order valence-electron chi connectivity index (χ0n) is 15.7. The Balaban J connectivity index is 1.31. The Morgan fingerprint density at radius 2 is 1.71 bits per heavy atom. The molecule has 4 rings (SSSR count). The molecular weight excluding hydrogens is 356 g/mol. The van der Waals surface area contributed by atoms with Crippen LogP contribution in [0, 0.1) is 0 Å². The third-order valence-electron chi connectivity index (χ3n) is 4.88. The van der Waals surface area contributed by atoms with Crippen LogP contribution in [0.1, 0.15) is 5.56 Å². The van der Waals surface area contributed by atoms with Gasteiger partial charge in [-0.2, -0.15) is 0 Å². The topological polar surface area (TPSA) is 76.4 Å². The van der Waals surface area contributed by atoms with Gasteiger partial charge in [0.05, 0.1) is 13.5 Å². The lowest BCUT2D eigenvalue weighted by Crippen LogP contribution is -2.49. The number of piperazine rings is 1. The Kier molecular flexibility index (Phi) is 5.18. The SMILES string of the molecule is COc1ccc(CC(=O)N2CCN(c3ccc(-n4ccnc4)nn3)CC2)cc1. The van der Waals surface area contributed by atoms with Crippen LogP contribution in [0.15, 0.2) is 55.1 Å². The van der Waals surface area contributed by atoms with Gasteiger partial charge in [0.15, 0.2) is 11.6 Å². The largest absolute Gasteiger partial charge is 0.497 e. The maximum atomic E-state index is 12.6. The first kappa shape index (κ1) is 18.0. The molecule has 0 N–H and O–H groups in total. The first-order valence-corrected chi connectivity index (χ1v) is 9.20. The van der Waals surface area contributed by atoms with Gasteiger partial charge >= 0.3 is 0 Å². The second-order valence-electron chi connectivity index (χ2n) is 6.61. The molecule has 2 aromatic heterocycles. The molecule has 0 aliphatic carbocycles. The summed E-state index contributed by atoms with van der Waals surface area (Å²) in [5.74, 6) is 2.50. The Morgan fingerprint density at radius 3 is 2.32 bits per heavy atom. The summed E-state index contributed by atoms with van der Waals surface area (Å²) in [6.07, 6.45) is 5.63.